The molecule has 2 nitrogen and oxygen atoms in total. The van der Waals surface area contributed by atoms with E-state index in [-0.39, 0.29) is 16.2 Å². The smallest absolute Gasteiger partial charge is 0.261 e. The van der Waals surface area contributed by atoms with E-state index in [2.05, 4.69) is 5.32 Å². The molecule has 4 fully saturated rings. The van der Waals surface area contributed by atoms with Crippen molar-refractivity contribution in [1.82, 2.24) is 5.32 Å². The van der Waals surface area contributed by atoms with E-state index in [1.54, 1.807) is 0 Å². The Morgan fingerprint density at radius 1 is 1.35 bits per heavy atom. The molecular formula is C16H20ClNOS. The summed E-state index contributed by atoms with van der Waals surface area (Å²) in [5, 5.41) is 5.12. The second-order valence-corrected chi connectivity index (χ2v) is 9.02. The lowest BCUT2D eigenvalue weighted by Crippen LogP contribution is -2.56. The standard InChI is InChI=1S/C16H20ClNOS/c17-16-7-11-4-12(8-16)6-15(5-11,9-16)10-18-14(19)13-2-1-3-20-13/h1-3,11-12H,4-10H2,(H,18,19)/t11-,12-,15?,16?/m0/s1. The van der Waals surface area contributed by atoms with Crippen molar-refractivity contribution in [2.75, 3.05) is 6.54 Å². The maximum atomic E-state index is 12.1. The first-order valence-electron chi connectivity index (χ1n) is 7.57. The van der Waals surface area contributed by atoms with E-state index in [0.29, 0.717) is 0 Å². The lowest BCUT2D eigenvalue weighted by molar-refractivity contribution is -0.0379. The summed E-state index contributed by atoms with van der Waals surface area (Å²) < 4.78 is 0. The van der Waals surface area contributed by atoms with E-state index in [1.807, 2.05) is 17.5 Å². The summed E-state index contributed by atoms with van der Waals surface area (Å²) in [5.74, 6) is 1.68. The second-order valence-electron chi connectivity index (χ2n) is 7.27. The molecule has 1 aromatic heterocycles. The summed E-state index contributed by atoms with van der Waals surface area (Å²) in [6.07, 6.45) is 7.40. The fourth-order valence-electron chi connectivity index (χ4n) is 5.31. The zero-order valence-corrected chi connectivity index (χ0v) is 13.1. The number of carbonyl (C=O) groups is 1. The fraction of sp³-hybridized carbons (Fsp3) is 0.688. The minimum atomic E-state index is 0.0394. The van der Waals surface area contributed by atoms with Crippen LogP contribution in [0.3, 0.4) is 0 Å². The number of carbonyl (C=O) groups excluding carboxylic acids is 1. The van der Waals surface area contributed by atoms with Crippen LogP contribution >= 0.6 is 22.9 Å². The van der Waals surface area contributed by atoms with Gasteiger partial charge in [-0.25, -0.2) is 0 Å². The van der Waals surface area contributed by atoms with Gasteiger partial charge in [0, 0.05) is 11.4 Å². The number of halogens is 1. The third kappa shape index (κ3) is 2.19. The van der Waals surface area contributed by atoms with Crippen molar-refractivity contribution in [2.45, 2.75) is 43.4 Å². The zero-order chi connectivity index (χ0) is 13.8. The first kappa shape index (κ1) is 13.1. The van der Waals surface area contributed by atoms with E-state index < -0.39 is 0 Å². The van der Waals surface area contributed by atoms with Crippen molar-refractivity contribution in [3.05, 3.63) is 22.4 Å². The highest BCUT2D eigenvalue weighted by atomic mass is 35.5. The molecule has 1 amide bonds. The summed E-state index contributed by atoms with van der Waals surface area (Å²) in [6, 6.07) is 3.82. The molecule has 0 aromatic carbocycles. The van der Waals surface area contributed by atoms with Crippen LogP contribution in [0.25, 0.3) is 0 Å². The minimum absolute atomic E-state index is 0.0394. The summed E-state index contributed by atoms with van der Waals surface area (Å²) in [5.41, 5.74) is 0.277. The van der Waals surface area contributed by atoms with E-state index in [1.165, 1.54) is 43.4 Å². The Morgan fingerprint density at radius 2 is 2.10 bits per heavy atom. The van der Waals surface area contributed by atoms with E-state index in [4.69, 9.17) is 11.6 Å². The maximum Gasteiger partial charge on any atom is 0.261 e. The van der Waals surface area contributed by atoms with Crippen LogP contribution in [0.15, 0.2) is 17.5 Å². The number of nitrogens with one attached hydrogen (secondary N) is 1. The largest absolute Gasteiger partial charge is 0.351 e. The topological polar surface area (TPSA) is 29.1 Å². The molecule has 0 spiro atoms. The van der Waals surface area contributed by atoms with Crippen LogP contribution in [-0.4, -0.2) is 17.3 Å². The van der Waals surface area contributed by atoms with Gasteiger partial charge in [0.05, 0.1) is 4.88 Å². The molecule has 0 unspecified atom stereocenters. The molecule has 20 heavy (non-hydrogen) atoms. The Bertz CT molecular complexity index is 513. The van der Waals surface area contributed by atoms with Crippen molar-refractivity contribution in [1.29, 1.82) is 0 Å². The summed E-state index contributed by atoms with van der Waals surface area (Å²) in [6.45, 7) is 0.811. The molecule has 4 saturated carbocycles. The van der Waals surface area contributed by atoms with Crippen molar-refractivity contribution >= 4 is 28.8 Å². The number of hydrogen-bond acceptors (Lipinski definition) is 2. The minimum Gasteiger partial charge on any atom is -0.351 e. The zero-order valence-electron chi connectivity index (χ0n) is 11.5. The molecule has 1 N–H and O–H groups in total. The molecule has 4 bridgehead atoms. The quantitative estimate of drug-likeness (QED) is 0.838. The van der Waals surface area contributed by atoms with Crippen LogP contribution in [-0.2, 0) is 0 Å². The number of thiophene rings is 1. The Morgan fingerprint density at radius 3 is 2.70 bits per heavy atom. The van der Waals surface area contributed by atoms with Gasteiger partial charge in [-0.15, -0.1) is 22.9 Å². The second kappa shape index (κ2) is 4.48. The predicted molar refractivity (Wildman–Crippen MR) is 82.4 cm³/mol. The summed E-state index contributed by atoms with van der Waals surface area (Å²) >= 11 is 8.33. The Kier molecular flexibility index (Phi) is 2.94. The van der Waals surface area contributed by atoms with Gasteiger partial charge in [0.15, 0.2) is 0 Å². The normalized spacial score (nSPS) is 41.9. The molecular weight excluding hydrogens is 290 g/mol. The average molecular weight is 310 g/mol. The van der Waals surface area contributed by atoms with E-state index in [0.717, 1.165) is 29.7 Å². The monoisotopic (exact) mass is 309 g/mol. The van der Waals surface area contributed by atoms with Crippen molar-refractivity contribution in [3.8, 4) is 0 Å². The van der Waals surface area contributed by atoms with Crippen LogP contribution in [0.5, 0.6) is 0 Å². The Labute approximate surface area is 128 Å². The molecule has 4 aliphatic rings. The van der Waals surface area contributed by atoms with Gasteiger partial charge in [-0.05, 0) is 67.2 Å². The van der Waals surface area contributed by atoms with Gasteiger partial charge in [-0.1, -0.05) is 6.07 Å². The number of amides is 1. The van der Waals surface area contributed by atoms with E-state index >= 15 is 0 Å². The average Bonchev–Trinajstić information content (AvgIpc) is 2.86. The molecule has 0 radical (unpaired) electrons. The summed E-state index contributed by atoms with van der Waals surface area (Å²) in [7, 11) is 0. The summed E-state index contributed by atoms with van der Waals surface area (Å²) in [4.78, 5) is 13.0. The van der Waals surface area contributed by atoms with Crippen molar-refractivity contribution < 1.29 is 4.79 Å². The molecule has 1 heterocycles. The highest BCUT2D eigenvalue weighted by Crippen LogP contribution is 2.63. The van der Waals surface area contributed by atoms with Gasteiger partial charge in [-0.2, -0.15) is 0 Å². The number of hydrogen-bond donors (Lipinski definition) is 1. The lowest BCUT2D eigenvalue weighted by atomic mass is 9.49. The van der Waals surface area contributed by atoms with Gasteiger partial charge >= 0.3 is 0 Å². The number of alkyl halides is 1. The molecule has 4 heteroatoms. The van der Waals surface area contributed by atoms with Gasteiger partial charge in [0.2, 0.25) is 0 Å². The first-order valence-corrected chi connectivity index (χ1v) is 8.82. The molecule has 4 aliphatic carbocycles. The molecule has 5 rings (SSSR count). The van der Waals surface area contributed by atoms with Gasteiger partial charge in [-0.3, -0.25) is 4.79 Å². The van der Waals surface area contributed by atoms with Crippen molar-refractivity contribution in [2.24, 2.45) is 17.3 Å². The predicted octanol–water partition coefficient (Wildman–Crippen LogP) is 4.06. The first-order chi connectivity index (χ1) is 9.56. The third-order valence-corrected chi connectivity index (χ3v) is 6.79. The molecule has 1 aromatic rings. The van der Waals surface area contributed by atoms with Crippen LogP contribution in [0.4, 0.5) is 0 Å². The molecule has 0 aliphatic heterocycles. The van der Waals surface area contributed by atoms with Gasteiger partial charge in [0.25, 0.3) is 5.91 Å². The highest BCUT2D eigenvalue weighted by Gasteiger charge is 2.56. The van der Waals surface area contributed by atoms with Crippen LogP contribution < -0.4 is 5.32 Å². The fourth-order valence-corrected chi connectivity index (χ4v) is 6.67. The van der Waals surface area contributed by atoms with Crippen LogP contribution in [0, 0.1) is 17.3 Å². The van der Waals surface area contributed by atoms with E-state index in [9.17, 15) is 4.79 Å². The van der Waals surface area contributed by atoms with Crippen LogP contribution in [0.2, 0.25) is 0 Å². The van der Waals surface area contributed by atoms with Gasteiger partial charge in [0.1, 0.15) is 0 Å². The lowest BCUT2D eigenvalue weighted by Gasteiger charge is -2.60. The van der Waals surface area contributed by atoms with Gasteiger partial charge < -0.3 is 5.32 Å². The van der Waals surface area contributed by atoms with Crippen LogP contribution in [0.1, 0.15) is 48.2 Å². The number of rotatable bonds is 3. The Hall–Kier alpha value is -0.540. The highest BCUT2D eigenvalue weighted by molar-refractivity contribution is 7.12. The third-order valence-electron chi connectivity index (χ3n) is 5.48. The maximum absolute atomic E-state index is 12.1. The SMILES string of the molecule is O=C(NCC12C[C@@H]3C[C@H](CC(Cl)(C3)C1)C2)c1cccs1. The molecule has 108 valence electrons. The molecule has 0 saturated heterocycles. The van der Waals surface area contributed by atoms with Crippen molar-refractivity contribution in [3.63, 3.8) is 0 Å². The Balaban J connectivity index is 1.47. The molecule has 2 atom stereocenters.